The normalized spacial score (nSPS) is 23.4. The van der Waals surface area contributed by atoms with Gasteiger partial charge in [-0.3, -0.25) is 0 Å². The molecule has 0 bridgehead atoms. The Bertz CT molecular complexity index is 168. The van der Waals surface area contributed by atoms with Crippen molar-refractivity contribution in [2.24, 2.45) is 0 Å². The minimum atomic E-state index is -3.10. The molecule has 0 spiro atoms. The number of rotatable bonds is 0. The Morgan fingerprint density at radius 2 is 1.60 bits per heavy atom. The van der Waals surface area contributed by atoms with Crippen LogP contribution in [0.4, 0.5) is 0 Å². The zero-order chi connectivity index (χ0) is 7.78. The molecule has 0 N–H and O–H groups in total. The predicted octanol–water partition coefficient (Wildman–Crippen LogP) is 0.178. The van der Waals surface area contributed by atoms with Crippen molar-refractivity contribution in [3.63, 3.8) is 0 Å². The van der Waals surface area contributed by atoms with Crippen molar-refractivity contribution in [2.75, 3.05) is 0 Å². The van der Waals surface area contributed by atoms with Crippen LogP contribution in [-0.4, -0.2) is 31.1 Å². The molecule has 0 aromatic heterocycles. The van der Waals surface area contributed by atoms with E-state index in [1.807, 2.05) is 0 Å². The van der Waals surface area contributed by atoms with Crippen LogP contribution in [-0.2, 0) is 15.7 Å². The third-order valence-electron chi connectivity index (χ3n) is 1.01. The first kappa shape index (κ1) is 7.84. The van der Waals surface area contributed by atoms with Crippen molar-refractivity contribution in [1.29, 1.82) is 0 Å². The van der Waals surface area contributed by atoms with Crippen LogP contribution in [0.25, 0.3) is 0 Å². The first-order valence-corrected chi connectivity index (χ1v) is 11.0. The number of hydrogen-bond acceptors (Lipinski definition) is 4. The molecule has 4 nitrogen and oxygen atoms in total. The first-order chi connectivity index (χ1) is 4.49. The van der Waals surface area contributed by atoms with Gasteiger partial charge in [0, 0.05) is 0 Å². The Morgan fingerprint density at radius 1 is 1.20 bits per heavy atom. The minimum absolute atomic E-state index is 0.222. The fourth-order valence-electron chi connectivity index (χ4n) is 0.759. The molecule has 0 atom stereocenters. The average Bonchev–Trinajstić information content (AvgIpc) is 1.54. The molecule has 0 saturated carbocycles. The summed E-state index contributed by atoms with van der Waals surface area (Å²) in [5.74, 6) is -0.867. The van der Waals surface area contributed by atoms with Gasteiger partial charge in [-0.1, -0.05) is 0 Å². The molecule has 0 radical (unpaired) electrons. The topological polar surface area (TPSA) is 52.6 Å². The number of carbonyl (C=O) groups excluding carboxylic acids is 2. The summed E-state index contributed by atoms with van der Waals surface area (Å²) in [5, 5.41) is 0. The van der Waals surface area contributed by atoms with Gasteiger partial charge in [0.25, 0.3) is 0 Å². The van der Waals surface area contributed by atoms with Gasteiger partial charge in [0.2, 0.25) is 0 Å². The van der Waals surface area contributed by atoms with E-state index in [-0.39, 0.29) is 6.42 Å². The zero-order valence-corrected chi connectivity index (χ0v) is 8.69. The van der Waals surface area contributed by atoms with Gasteiger partial charge >= 0.3 is 63.2 Å². The van der Waals surface area contributed by atoms with Crippen molar-refractivity contribution < 1.29 is 15.7 Å². The van der Waals surface area contributed by atoms with Crippen molar-refractivity contribution >= 4 is 31.1 Å². The van der Waals surface area contributed by atoms with E-state index < -0.39 is 31.1 Å². The molecule has 0 aromatic rings. The molecule has 1 heterocycles. The Hall–Kier alpha value is -0.261. The van der Waals surface area contributed by atoms with E-state index in [9.17, 15) is 9.59 Å². The van der Waals surface area contributed by atoms with E-state index in [2.05, 4.69) is 0 Å². The van der Waals surface area contributed by atoms with Crippen LogP contribution in [0.3, 0.4) is 0 Å². The van der Waals surface area contributed by atoms with E-state index in [4.69, 9.17) is 6.15 Å². The van der Waals surface area contributed by atoms with Gasteiger partial charge in [0.15, 0.2) is 0 Å². The quantitative estimate of drug-likeness (QED) is 0.455. The number of carbonyl (C=O) groups is 2. The van der Waals surface area contributed by atoms with Crippen LogP contribution in [0, 0.1) is 0 Å². The van der Waals surface area contributed by atoms with E-state index in [0.717, 1.165) is 0 Å². The SMILES string of the molecule is [CH3][Sn]1([CH3])[O]C(=O)CC(=O)[O]1. The molecule has 1 aliphatic heterocycles. The fraction of sp³-hybridized carbons (Fsp3) is 0.600. The van der Waals surface area contributed by atoms with Crippen LogP contribution in [0.5, 0.6) is 0 Å². The Balaban J connectivity index is 2.68. The third kappa shape index (κ3) is 1.86. The molecule has 0 amide bonds. The summed E-state index contributed by atoms with van der Waals surface area (Å²) in [6.07, 6.45) is -0.222. The van der Waals surface area contributed by atoms with Crippen LogP contribution in [0.2, 0.25) is 9.88 Å². The molecule has 5 heteroatoms. The van der Waals surface area contributed by atoms with Gasteiger partial charge in [-0.2, -0.15) is 0 Å². The van der Waals surface area contributed by atoms with Crippen LogP contribution < -0.4 is 0 Å². The molecule has 1 fully saturated rings. The van der Waals surface area contributed by atoms with Crippen molar-refractivity contribution in [3.8, 4) is 0 Å². The second-order valence-corrected chi connectivity index (χ2v) is 11.7. The summed E-state index contributed by atoms with van der Waals surface area (Å²) in [6.45, 7) is 0. The third-order valence-corrected chi connectivity index (χ3v) is 5.11. The van der Waals surface area contributed by atoms with Crippen molar-refractivity contribution in [3.05, 3.63) is 0 Å². The summed E-state index contributed by atoms with van der Waals surface area (Å²) in [4.78, 5) is 24.7. The van der Waals surface area contributed by atoms with Gasteiger partial charge in [-0.05, 0) is 0 Å². The molecular weight excluding hydrogens is 243 g/mol. The van der Waals surface area contributed by atoms with E-state index in [0.29, 0.717) is 0 Å². The monoisotopic (exact) mass is 252 g/mol. The summed E-state index contributed by atoms with van der Waals surface area (Å²) in [5.41, 5.74) is 0. The standard InChI is InChI=1S/C3H4O4.2CH3.Sn/c4-2(5)1-3(6)7;;;/h1H2,(H,4,5)(H,6,7);2*1H3;/q;;;+2/p-2. The predicted molar refractivity (Wildman–Crippen MR) is 34.3 cm³/mol. The molecular formula is C5H8O4Sn. The zero-order valence-electron chi connectivity index (χ0n) is 5.84. The van der Waals surface area contributed by atoms with Gasteiger partial charge in [-0.25, -0.2) is 0 Å². The average molecular weight is 251 g/mol. The Kier molecular flexibility index (Phi) is 1.89. The van der Waals surface area contributed by atoms with Gasteiger partial charge in [-0.15, -0.1) is 0 Å². The molecule has 0 aromatic carbocycles. The van der Waals surface area contributed by atoms with Gasteiger partial charge < -0.3 is 0 Å². The molecule has 10 heavy (non-hydrogen) atoms. The molecule has 1 aliphatic rings. The van der Waals surface area contributed by atoms with Gasteiger partial charge in [0.1, 0.15) is 0 Å². The maximum absolute atomic E-state index is 10.6. The summed E-state index contributed by atoms with van der Waals surface area (Å²) < 4.78 is 9.74. The van der Waals surface area contributed by atoms with E-state index >= 15 is 0 Å². The van der Waals surface area contributed by atoms with Crippen LogP contribution in [0.15, 0.2) is 0 Å². The molecule has 0 aliphatic carbocycles. The molecule has 1 saturated heterocycles. The van der Waals surface area contributed by atoms with E-state index in [1.165, 1.54) is 0 Å². The van der Waals surface area contributed by atoms with E-state index in [1.54, 1.807) is 9.88 Å². The molecule has 1 rings (SSSR count). The van der Waals surface area contributed by atoms with Crippen LogP contribution >= 0.6 is 0 Å². The summed E-state index contributed by atoms with van der Waals surface area (Å²) in [6, 6.07) is 0. The van der Waals surface area contributed by atoms with Crippen LogP contribution in [0.1, 0.15) is 6.42 Å². The molecule has 0 unspecified atom stereocenters. The summed E-state index contributed by atoms with van der Waals surface area (Å²) in [7, 11) is 0. The number of hydrogen-bond donors (Lipinski definition) is 0. The summed E-state index contributed by atoms with van der Waals surface area (Å²) >= 11 is -3.10. The fourth-order valence-corrected chi connectivity index (χ4v) is 4.42. The molecule has 56 valence electrons. The second kappa shape index (κ2) is 2.41. The maximum atomic E-state index is 10.6. The van der Waals surface area contributed by atoms with Crippen molar-refractivity contribution in [1.82, 2.24) is 0 Å². The Labute approximate surface area is 63.5 Å². The second-order valence-electron chi connectivity index (χ2n) is 2.52. The first-order valence-electron chi connectivity index (χ1n) is 2.93. The Morgan fingerprint density at radius 3 is 1.90 bits per heavy atom. The van der Waals surface area contributed by atoms with Crippen molar-refractivity contribution in [2.45, 2.75) is 16.3 Å². The van der Waals surface area contributed by atoms with Gasteiger partial charge in [0.05, 0.1) is 0 Å².